The Bertz CT molecular complexity index is 599. The molecule has 0 aromatic carbocycles. The molecule has 2 heterocycles. The van der Waals surface area contributed by atoms with Gasteiger partial charge in [-0.25, -0.2) is 4.68 Å². The second kappa shape index (κ2) is 6.29. The minimum atomic E-state index is -0.285. The average molecular weight is 280 g/mol. The largest absolute Gasteiger partial charge is 0.377 e. The number of halogens is 1. The van der Waals surface area contributed by atoms with Gasteiger partial charge in [0.15, 0.2) is 0 Å². The number of hydrogen-bond donors (Lipinski definition) is 1. The Balaban J connectivity index is 2.13. The minimum Gasteiger partial charge on any atom is -0.377 e. The number of hydrogen-bond acceptors (Lipinski definition) is 5. The summed E-state index contributed by atoms with van der Waals surface area (Å²) in [6.07, 6.45) is 3.98. The van der Waals surface area contributed by atoms with Crippen LogP contribution in [-0.4, -0.2) is 20.0 Å². The van der Waals surface area contributed by atoms with E-state index in [9.17, 15) is 4.79 Å². The summed E-state index contributed by atoms with van der Waals surface area (Å²) in [5, 5.41) is 14.9. The van der Waals surface area contributed by atoms with E-state index in [1.807, 2.05) is 13.0 Å². The summed E-state index contributed by atoms with van der Waals surface area (Å²) in [5.74, 6) is 0. The molecule has 0 spiro atoms. The van der Waals surface area contributed by atoms with E-state index in [1.54, 1.807) is 18.5 Å². The summed E-state index contributed by atoms with van der Waals surface area (Å²) in [4.78, 5) is 11.9. The molecule has 2 aromatic rings. The Morgan fingerprint density at radius 2 is 2.32 bits per heavy atom. The molecule has 100 valence electrons. The number of aromatic nitrogens is 4. The summed E-state index contributed by atoms with van der Waals surface area (Å²) in [6, 6.07) is 3.63. The molecule has 0 fully saturated rings. The maximum atomic E-state index is 11.9. The summed E-state index contributed by atoms with van der Waals surface area (Å²) >= 11 is 6.03. The van der Waals surface area contributed by atoms with Crippen molar-refractivity contribution in [2.24, 2.45) is 0 Å². The van der Waals surface area contributed by atoms with Gasteiger partial charge in [0.1, 0.15) is 5.02 Å². The Kier molecular flexibility index (Phi) is 4.46. The highest BCUT2D eigenvalue weighted by Crippen LogP contribution is 2.15. The van der Waals surface area contributed by atoms with E-state index in [-0.39, 0.29) is 10.6 Å². The lowest BCUT2D eigenvalue weighted by molar-refractivity contribution is 0.568. The van der Waals surface area contributed by atoms with Crippen molar-refractivity contribution in [1.29, 1.82) is 0 Å². The molecule has 0 saturated carbocycles. The van der Waals surface area contributed by atoms with Gasteiger partial charge in [-0.3, -0.25) is 4.79 Å². The Morgan fingerprint density at radius 1 is 1.47 bits per heavy atom. The molecule has 6 nitrogen and oxygen atoms in total. The van der Waals surface area contributed by atoms with E-state index < -0.39 is 0 Å². The minimum absolute atomic E-state index is 0.146. The molecule has 2 rings (SSSR count). The third-order valence-electron chi connectivity index (χ3n) is 2.51. The maximum absolute atomic E-state index is 11.9. The average Bonchev–Trinajstić information content (AvgIpc) is 2.44. The standard InChI is InChI=1S/C12H14ClN5O/c1-2-6-18-12(19)11(13)10(8-16-18)14-7-9-4-3-5-15-17-9/h3-5,8,14H,2,6-7H2,1H3. The van der Waals surface area contributed by atoms with E-state index >= 15 is 0 Å². The van der Waals surface area contributed by atoms with E-state index in [2.05, 4.69) is 20.6 Å². The third kappa shape index (κ3) is 3.29. The number of nitrogens with zero attached hydrogens (tertiary/aromatic N) is 4. The zero-order valence-corrected chi connectivity index (χ0v) is 11.3. The number of rotatable bonds is 5. The molecular formula is C12H14ClN5O. The number of nitrogens with one attached hydrogen (secondary N) is 1. The first-order valence-electron chi connectivity index (χ1n) is 5.98. The summed E-state index contributed by atoms with van der Waals surface area (Å²) in [6.45, 7) is 2.97. The van der Waals surface area contributed by atoms with Crippen molar-refractivity contribution in [3.8, 4) is 0 Å². The maximum Gasteiger partial charge on any atom is 0.287 e. The lowest BCUT2D eigenvalue weighted by atomic mass is 10.3. The monoisotopic (exact) mass is 279 g/mol. The van der Waals surface area contributed by atoms with Crippen LogP contribution < -0.4 is 10.9 Å². The SMILES string of the molecule is CCCn1ncc(NCc2cccnn2)c(Cl)c1=O. The van der Waals surface area contributed by atoms with Crippen molar-refractivity contribution < 1.29 is 0 Å². The van der Waals surface area contributed by atoms with Crippen molar-refractivity contribution in [2.75, 3.05) is 5.32 Å². The predicted octanol–water partition coefficient (Wildman–Crippen LogP) is 1.71. The van der Waals surface area contributed by atoms with Crippen LogP contribution in [0.25, 0.3) is 0 Å². The summed E-state index contributed by atoms with van der Waals surface area (Å²) in [5.41, 5.74) is 0.980. The third-order valence-corrected chi connectivity index (χ3v) is 2.87. The van der Waals surface area contributed by atoms with Gasteiger partial charge in [0, 0.05) is 12.7 Å². The normalized spacial score (nSPS) is 10.4. The molecule has 2 aromatic heterocycles. The Labute approximate surface area is 115 Å². The number of aryl methyl sites for hydroxylation is 1. The quantitative estimate of drug-likeness (QED) is 0.902. The first-order chi connectivity index (χ1) is 9.22. The fourth-order valence-corrected chi connectivity index (χ4v) is 1.79. The molecule has 0 atom stereocenters. The van der Waals surface area contributed by atoms with Crippen LogP contribution >= 0.6 is 11.6 Å². The van der Waals surface area contributed by atoms with Crippen LogP contribution in [0.2, 0.25) is 5.02 Å². The summed E-state index contributed by atoms with van der Waals surface area (Å²) in [7, 11) is 0. The topological polar surface area (TPSA) is 72.7 Å². The number of anilines is 1. The van der Waals surface area contributed by atoms with E-state index in [0.29, 0.717) is 18.8 Å². The second-order valence-electron chi connectivity index (χ2n) is 3.97. The molecule has 0 radical (unpaired) electrons. The molecule has 0 aliphatic heterocycles. The van der Waals surface area contributed by atoms with Crippen molar-refractivity contribution in [1.82, 2.24) is 20.0 Å². The Hall–Kier alpha value is -1.95. The molecule has 7 heteroatoms. The summed E-state index contributed by atoms with van der Waals surface area (Å²) < 4.78 is 1.36. The van der Waals surface area contributed by atoms with Crippen LogP contribution in [0.5, 0.6) is 0 Å². The molecule has 19 heavy (non-hydrogen) atoms. The van der Waals surface area contributed by atoms with Crippen LogP contribution in [0, 0.1) is 0 Å². The van der Waals surface area contributed by atoms with Gasteiger partial charge in [-0.2, -0.15) is 15.3 Å². The smallest absolute Gasteiger partial charge is 0.287 e. The highest BCUT2D eigenvalue weighted by Gasteiger charge is 2.08. The highest BCUT2D eigenvalue weighted by atomic mass is 35.5. The molecule has 0 aliphatic rings. The lowest BCUT2D eigenvalue weighted by Gasteiger charge is -2.09. The Morgan fingerprint density at radius 3 is 3.00 bits per heavy atom. The van der Waals surface area contributed by atoms with Crippen molar-refractivity contribution in [3.05, 3.63) is 45.6 Å². The van der Waals surface area contributed by atoms with Gasteiger partial charge in [0.25, 0.3) is 5.56 Å². The first-order valence-corrected chi connectivity index (χ1v) is 6.36. The van der Waals surface area contributed by atoms with Crippen molar-refractivity contribution in [2.45, 2.75) is 26.4 Å². The molecule has 0 amide bonds. The van der Waals surface area contributed by atoms with Crippen LogP contribution in [0.3, 0.4) is 0 Å². The van der Waals surface area contributed by atoms with E-state index in [4.69, 9.17) is 11.6 Å². The second-order valence-corrected chi connectivity index (χ2v) is 4.35. The van der Waals surface area contributed by atoms with Crippen LogP contribution in [0.4, 0.5) is 5.69 Å². The zero-order valence-electron chi connectivity index (χ0n) is 10.5. The molecule has 0 saturated heterocycles. The molecule has 1 N–H and O–H groups in total. The van der Waals surface area contributed by atoms with Gasteiger partial charge in [-0.05, 0) is 18.6 Å². The molecule has 0 unspecified atom stereocenters. The molecular weight excluding hydrogens is 266 g/mol. The van der Waals surface area contributed by atoms with Gasteiger partial charge in [-0.1, -0.05) is 18.5 Å². The van der Waals surface area contributed by atoms with Gasteiger partial charge >= 0.3 is 0 Å². The van der Waals surface area contributed by atoms with Gasteiger partial charge in [-0.15, -0.1) is 0 Å². The fourth-order valence-electron chi connectivity index (χ4n) is 1.57. The zero-order chi connectivity index (χ0) is 13.7. The highest BCUT2D eigenvalue weighted by molar-refractivity contribution is 6.32. The van der Waals surface area contributed by atoms with Crippen molar-refractivity contribution in [3.63, 3.8) is 0 Å². The van der Waals surface area contributed by atoms with E-state index in [0.717, 1.165) is 12.1 Å². The van der Waals surface area contributed by atoms with Gasteiger partial charge in [0.05, 0.1) is 24.1 Å². The molecule has 0 aliphatic carbocycles. The fraction of sp³-hybridized carbons (Fsp3) is 0.333. The first kappa shape index (κ1) is 13.5. The predicted molar refractivity (Wildman–Crippen MR) is 73.2 cm³/mol. The van der Waals surface area contributed by atoms with Crippen LogP contribution in [-0.2, 0) is 13.1 Å². The van der Waals surface area contributed by atoms with Crippen LogP contribution in [0.1, 0.15) is 19.0 Å². The van der Waals surface area contributed by atoms with Gasteiger partial charge < -0.3 is 5.32 Å². The molecule has 0 bridgehead atoms. The van der Waals surface area contributed by atoms with Crippen molar-refractivity contribution >= 4 is 17.3 Å². The van der Waals surface area contributed by atoms with E-state index in [1.165, 1.54) is 4.68 Å². The van der Waals surface area contributed by atoms with Gasteiger partial charge in [0.2, 0.25) is 0 Å². The lowest BCUT2D eigenvalue weighted by Crippen LogP contribution is -2.24. The van der Waals surface area contributed by atoms with Crippen LogP contribution in [0.15, 0.2) is 29.3 Å².